The highest BCUT2D eigenvalue weighted by Crippen LogP contribution is 2.18. The summed E-state index contributed by atoms with van der Waals surface area (Å²) in [5, 5.41) is 27.5. The summed E-state index contributed by atoms with van der Waals surface area (Å²) in [5.74, 6) is -1.96. The standard InChI is InChI=1S/C10H12N2O5/c11-10(17)6-1-5(3-12-4-6)9(16)7(13)2-8(14)15/h1,3-4,7,9,13,16H,2H2,(H2,11,17)(H,14,15). The third-order valence-corrected chi connectivity index (χ3v) is 2.13. The van der Waals surface area contributed by atoms with E-state index in [1.165, 1.54) is 18.5 Å². The number of carboxylic acid groups (broad SMARTS) is 1. The number of pyridine rings is 1. The van der Waals surface area contributed by atoms with E-state index in [1.54, 1.807) is 0 Å². The molecule has 0 aliphatic carbocycles. The van der Waals surface area contributed by atoms with E-state index in [1.807, 2.05) is 0 Å². The van der Waals surface area contributed by atoms with Gasteiger partial charge in [0.15, 0.2) is 0 Å². The van der Waals surface area contributed by atoms with E-state index < -0.39 is 30.5 Å². The fourth-order valence-corrected chi connectivity index (χ4v) is 1.27. The van der Waals surface area contributed by atoms with Gasteiger partial charge in [0.1, 0.15) is 6.10 Å². The van der Waals surface area contributed by atoms with Gasteiger partial charge in [0.25, 0.3) is 0 Å². The highest BCUT2D eigenvalue weighted by atomic mass is 16.4. The fraction of sp³-hybridized carbons (Fsp3) is 0.300. The molecule has 1 rings (SSSR count). The Morgan fingerprint density at radius 2 is 2.00 bits per heavy atom. The minimum atomic E-state index is -1.47. The first-order chi connectivity index (χ1) is 7.91. The van der Waals surface area contributed by atoms with Crippen LogP contribution in [0.2, 0.25) is 0 Å². The van der Waals surface area contributed by atoms with Crippen LogP contribution in [0.25, 0.3) is 0 Å². The Morgan fingerprint density at radius 1 is 1.35 bits per heavy atom. The number of aliphatic hydroxyl groups excluding tert-OH is 2. The van der Waals surface area contributed by atoms with Crippen molar-refractivity contribution in [2.24, 2.45) is 5.73 Å². The summed E-state index contributed by atoms with van der Waals surface area (Å²) in [7, 11) is 0. The molecule has 0 aromatic carbocycles. The highest BCUT2D eigenvalue weighted by molar-refractivity contribution is 5.92. The molecule has 0 radical (unpaired) electrons. The van der Waals surface area contributed by atoms with Crippen LogP contribution in [0.5, 0.6) is 0 Å². The van der Waals surface area contributed by atoms with Gasteiger partial charge in [0.05, 0.1) is 18.1 Å². The van der Waals surface area contributed by atoms with Crippen molar-refractivity contribution >= 4 is 11.9 Å². The summed E-state index contributed by atoms with van der Waals surface area (Å²) in [4.78, 5) is 24.9. The number of carbonyl (C=O) groups is 2. The van der Waals surface area contributed by atoms with Crippen LogP contribution in [-0.4, -0.2) is 38.3 Å². The third kappa shape index (κ3) is 3.51. The number of aromatic nitrogens is 1. The van der Waals surface area contributed by atoms with Crippen LogP contribution in [-0.2, 0) is 4.79 Å². The maximum Gasteiger partial charge on any atom is 0.306 e. The molecule has 7 nitrogen and oxygen atoms in total. The lowest BCUT2D eigenvalue weighted by atomic mass is 10.0. The van der Waals surface area contributed by atoms with Crippen molar-refractivity contribution in [2.45, 2.75) is 18.6 Å². The van der Waals surface area contributed by atoms with Crippen LogP contribution in [0.1, 0.15) is 28.4 Å². The lowest BCUT2D eigenvalue weighted by Crippen LogP contribution is -2.22. The fourth-order valence-electron chi connectivity index (χ4n) is 1.27. The number of hydrogen-bond acceptors (Lipinski definition) is 5. The maximum absolute atomic E-state index is 10.9. The van der Waals surface area contributed by atoms with E-state index in [0.717, 1.165) is 0 Å². The molecular weight excluding hydrogens is 228 g/mol. The van der Waals surface area contributed by atoms with Crippen LogP contribution in [0.15, 0.2) is 18.5 Å². The molecule has 0 fully saturated rings. The molecule has 5 N–H and O–H groups in total. The first-order valence-corrected chi connectivity index (χ1v) is 4.74. The van der Waals surface area contributed by atoms with E-state index >= 15 is 0 Å². The van der Waals surface area contributed by atoms with Gasteiger partial charge in [-0.3, -0.25) is 14.6 Å². The number of primary amides is 1. The SMILES string of the molecule is NC(=O)c1cncc(C(O)C(O)CC(=O)O)c1. The Balaban J connectivity index is 2.88. The minimum absolute atomic E-state index is 0.0732. The topological polar surface area (TPSA) is 134 Å². The zero-order valence-electron chi connectivity index (χ0n) is 8.78. The van der Waals surface area contributed by atoms with Gasteiger partial charge in [-0.1, -0.05) is 0 Å². The monoisotopic (exact) mass is 240 g/mol. The number of hydrogen-bond donors (Lipinski definition) is 4. The Hall–Kier alpha value is -1.99. The van der Waals surface area contributed by atoms with Gasteiger partial charge in [-0.2, -0.15) is 0 Å². The second-order valence-electron chi connectivity index (χ2n) is 3.48. The van der Waals surface area contributed by atoms with Crippen LogP contribution >= 0.6 is 0 Å². The molecule has 7 heteroatoms. The lowest BCUT2D eigenvalue weighted by Gasteiger charge is -2.16. The zero-order chi connectivity index (χ0) is 13.0. The summed E-state index contributed by atoms with van der Waals surface area (Å²) in [6.07, 6.45) is -1.08. The number of nitrogens with two attached hydrogens (primary N) is 1. The number of aliphatic carboxylic acids is 1. The van der Waals surface area contributed by atoms with Gasteiger partial charge in [-0.05, 0) is 6.07 Å². The number of nitrogens with zero attached hydrogens (tertiary/aromatic N) is 1. The van der Waals surface area contributed by atoms with Gasteiger partial charge in [-0.25, -0.2) is 0 Å². The van der Waals surface area contributed by atoms with Crippen molar-refractivity contribution in [2.75, 3.05) is 0 Å². The average Bonchev–Trinajstić information content (AvgIpc) is 2.27. The molecule has 0 saturated carbocycles. The molecule has 2 atom stereocenters. The maximum atomic E-state index is 10.9. The van der Waals surface area contributed by atoms with Crippen LogP contribution in [0.3, 0.4) is 0 Å². The molecule has 0 saturated heterocycles. The molecule has 0 aliphatic rings. The van der Waals surface area contributed by atoms with Crippen molar-refractivity contribution in [3.63, 3.8) is 0 Å². The normalized spacial score (nSPS) is 14.0. The molecule has 2 unspecified atom stereocenters. The Morgan fingerprint density at radius 3 is 2.53 bits per heavy atom. The average molecular weight is 240 g/mol. The summed E-state index contributed by atoms with van der Waals surface area (Å²) in [6.45, 7) is 0. The molecule has 1 aromatic rings. The van der Waals surface area contributed by atoms with Crippen molar-refractivity contribution in [1.29, 1.82) is 0 Å². The Kier molecular flexibility index (Phi) is 4.13. The van der Waals surface area contributed by atoms with E-state index in [0.29, 0.717) is 0 Å². The van der Waals surface area contributed by atoms with E-state index in [4.69, 9.17) is 10.8 Å². The number of aliphatic hydroxyl groups is 2. The summed E-state index contributed by atoms with van der Waals surface area (Å²) >= 11 is 0. The molecule has 1 heterocycles. The van der Waals surface area contributed by atoms with E-state index in [2.05, 4.69) is 4.98 Å². The van der Waals surface area contributed by atoms with Crippen LogP contribution < -0.4 is 5.73 Å². The number of amides is 1. The smallest absolute Gasteiger partial charge is 0.306 e. The van der Waals surface area contributed by atoms with Gasteiger partial charge >= 0.3 is 5.97 Å². The molecule has 17 heavy (non-hydrogen) atoms. The molecule has 0 bridgehead atoms. The van der Waals surface area contributed by atoms with E-state index in [9.17, 15) is 19.8 Å². The number of carboxylic acids is 1. The second-order valence-corrected chi connectivity index (χ2v) is 3.48. The van der Waals surface area contributed by atoms with Crippen LogP contribution in [0.4, 0.5) is 0 Å². The highest BCUT2D eigenvalue weighted by Gasteiger charge is 2.22. The van der Waals surface area contributed by atoms with Crippen molar-refractivity contribution in [3.8, 4) is 0 Å². The summed E-state index contributed by atoms with van der Waals surface area (Å²) < 4.78 is 0. The molecule has 92 valence electrons. The van der Waals surface area contributed by atoms with Crippen molar-refractivity contribution in [1.82, 2.24) is 4.98 Å². The minimum Gasteiger partial charge on any atom is -0.481 e. The summed E-state index contributed by atoms with van der Waals surface area (Å²) in [6, 6.07) is 1.26. The van der Waals surface area contributed by atoms with Gasteiger partial charge < -0.3 is 21.1 Å². The molecule has 0 spiro atoms. The second kappa shape index (κ2) is 5.37. The van der Waals surface area contributed by atoms with Crippen molar-refractivity contribution < 1.29 is 24.9 Å². The lowest BCUT2D eigenvalue weighted by molar-refractivity contribution is -0.141. The Labute approximate surface area is 96.5 Å². The van der Waals surface area contributed by atoms with Crippen LogP contribution in [0, 0.1) is 0 Å². The molecule has 0 aliphatic heterocycles. The first-order valence-electron chi connectivity index (χ1n) is 4.74. The number of rotatable bonds is 5. The predicted molar refractivity (Wildman–Crippen MR) is 56.0 cm³/mol. The first kappa shape index (κ1) is 13.1. The Bertz CT molecular complexity index is 434. The molecule has 1 amide bonds. The predicted octanol–water partition coefficient (Wildman–Crippen LogP) is -0.951. The zero-order valence-corrected chi connectivity index (χ0v) is 8.78. The summed E-state index contributed by atoms with van der Waals surface area (Å²) in [5.41, 5.74) is 5.23. The molecule has 1 aromatic heterocycles. The van der Waals surface area contributed by atoms with Gasteiger partial charge in [-0.15, -0.1) is 0 Å². The van der Waals surface area contributed by atoms with Gasteiger partial charge in [0, 0.05) is 18.0 Å². The van der Waals surface area contributed by atoms with E-state index in [-0.39, 0.29) is 11.1 Å². The largest absolute Gasteiger partial charge is 0.481 e. The van der Waals surface area contributed by atoms with Gasteiger partial charge in [0.2, 0.25) is 5.91 Å². The molecular formula is C10H12N2O5. The number of carbonyl (C=O) groups excluding carboxylic acids is 1. The van der Waals surface area contributed by atoms with Crippen molar-refractivity contribution in [3.05, 3.63) is 29.6 Å². The quantitative estimate of drug-likeness (QED) is 0.524. The third-order valence-electron chi connectivity index (χ3n) is 2.13.